The first-order valence-electron chi connectivity index (χ1n) is 5.01. The molecule has 0 radical (unpaired) electrons. The molecule has 0 heterocycles. The monoisotopic (exact) mass is 238 g/mol. The number of nitrogens with two attached hydrogens (primary N) is 1. The molecule has 6 heteroatoms. The molecule has 0 aliphatic heterocycles. The van der Waals surface area contributed by atoms with Crippen LogP contribution in [0.2, 0.25) is 0 Å². The molecular formula is C11H14N2O4. The smallest absolute Gasteiger partial charge is 0.407 e. The molecule has 1 aromatic rings. The van der Waals surface area contributed by atoms with Crippen LogP contribution in [0.1, 0.15) is 5.56 Å². The second-order valence-corrected chi connectivity index (χ2v) is 3.36. The van der Waals surface area contributed by atoms with E-state index >= 15 is 0 Å². The van der Waals surface area contributed by atoms with E-state index in [1.165, 1.54) is 0 Å². The van der Waals surface area contributed by atoms with Crippen LogP contribution in [0.3, 0.4) is 0 Å². The number of carbonyl (C=O) groups is 2. The van der Waals surface area contributed by atoms with Crippen molar-refractivity contribution < 1.29 is 19.4 Å². The number of primary amides is 1. The Morgan fingerprint density at radius 3 is 2.59 bits per heavy atom. The van der Waals surface area contributed by atoms with E-state index in [1.54, 1.807) is 0 Å². The second-order valence-electron chi connectivity index (χ2n) is 3.36. The number of aliphatic hydroxyl groups excluding tert-OH is 1. The Labute approximate surface area is 98.4 Å². The van der Waals surface area contributed by atoms with Crippen molar-refractivity contribution in [2.45, 2.75) is 12.7 Å². The van der Waals surface area contributed by atoms with E-state index in [0.717, 1.165) is 5.56 Å². The Balaban J connectivity index is 2.24. The number of carbonyl (C=O) groups excluding carboxylic acids is 2. The number of amides is 2. The highest BCUT2D eigenvalue weighted by Crippen LogP contribution is 2.00. The quantitative estimate of drug-likeness (QED) is 0.658. The summed E-state index contributed by atoms with van der Waals surface area (Å²) in [7, 11) is 0. The minimum atomic E-state index is -1.40. The standard InChI is InChI=1S/C11H14N2O4/c12-10(15)9(14)6-13-11(16)17-7-8-4-2-1-3-5-8/h1-5,9,14H,6-7H2,(H2,12,15)(H,13,16). The third-order valence-electron chi connectivity index (χ3n) is 1.98. The summed E-state index contributed by atoms with van der Waals surface area (Å²) in [6.07, 6.45) is -2.12. The maximum Gasteiger partial charge on any atom is 0.407 e. The number of ether oxygens (including phenoxy) is 1. The predicted octanol–water partition coefficient (Wildman–Crippen LogP) is -0.241. The predicted molar refractivity (Wildman–Crippen MR) is 59.8 cm³/mol. The van der Waals surface area contributed by atoms with E-state index in [2.05, 4.69) is 5.32 Å². The number of nitrogens with one attached hydrogen (secondary N) is 1. The van der Waals surface area contributed by atoms with Gasteiger partial charge in [0.2, 0.25) is 5.91 Å². The van der Waals surface area contributed by atoms with Gasteiger partial charge in [0, 0.05) is 0 Å². The van der Waals surface area contributed by atoms with Gasteiger partial charge in [-0.2, -0.15) is 0 Å². The molecule has 92 valence electrons. The average Bonchev–Trinajstić information content (AvgIpc) is 2.34. The van der Waals surface area contributed by atoms with Gasteiger partial charge in [-0.25, -0.2) is 4.79 Å². The lowest BCUT2D eigenvalue weighted by molar-refractivity contribution is -0.125. The summed E-state index contributed by atoms with van der Waals surface area (Å²) in [6.45, 7) is -0.137. The van der Waals surface area contributed by atoms with Gasteiger partial charge in [0.25, 0.3) is 0 Å². The topological polar surface area (TPSA) is 102 Å². The van der Waals surface area contributed by atoms with Crippen LogP contribution in [-0.2, 0) is 16.1 Å². The maximum atomic E-state index is 11.1. The zero-order valence-electron chi connectivity index (χ0n) is 9.13. The van der Waals surface area contributed by atoms with Crippen molar-refractivity contribution in [1.82, 2.24) is 5.32 Å². The third-order valence-corrected chi connectivity index (χ3v) is 1.98. The summed E-state index contributed by atoms with van der Waals surface area (Å²) in [5.41, 5.74) is 5.65. The lowest BCUT2D eigenvalue weighted by Crippen LogP contribution is -2.40. The molecule has 0 aliphatic rings. The fourth-order valence-corrected chi connectivity index (χ4v) is 1.05. The van der Waals surface area contributed by atoms with E-state index in [9.17, 15) is 9.59 Å². The van der Waals surface area contributed by atoms with Crippen LogP contribution in [0.5, 0.6) is 0 Å². The Morgan fingerprint density at radius 2 is 2.00 bits per heavy atom. The summed E-state index contributed by atoms with van der Waals surface area (Å²) >= 11 is 0. The summed E-state index contributed by atoms with van der Waals surface area (Å²) in [4.78, 5) is 21.6. The number of rotatable bonds is 5. The lowest BCUT2D eigenvalue weighted by atomic mass is 10.2. The zero-order valence-corrected chi connectivity index (χ0v) is 9.13. The SMILES string of the molecule is NC(=O)C(O)CNC(=O)OCc1ccccc1. The number of hydrogen-bond donors (Lipinski definition) is 3. The summed E-state index contributed by atoms with van der Waals surface area (Å²) < 4.78 is 4.84. The normalized spacial score (nSPS) is 11.6. The average molecular weight is 238 g/mol. The fraction of sp³-hybridized carbons (Fsp3) is 0.273. The van der Waals surface area contributed by atoms with Gasteiger partial charge in [-0.15, -0.1) is 0 Å². The Bertz CT molecular complexity index is 380. The first-order chi connectivity index (χ1) is 8.09. The van der Waals surface area contributed by atoms with Crippen molar-refractivity contribution in [1.29, 1.82) is 0 Å². The van der Waals surface area contributed by atoms with Crippen LogP contribution < -0.4 is 11.1 Å². The van der Waals surface area contributed by atoms with Crippen LogP contribution in [0, 0.1) is 0 Å². The molecule has 0 aromatic heterocycles. The van der Waals surface area contributed by atoms with Gasteiger partial charge < -0.3 is 20.9 Å². The lowest BCUT2D eigenvalue weighted by Gasteiger charge is -2.09. The number of alkyl carbamates (subject to hydrolysis) is 1. The Hall–Kier alpha value is -2.08. The minimum Gasteiger partial charge on any atom is -0.445 e. The van der Waals surface area contributed by atoms with Crippen LogP contribution >= 0.6 is 0 Å². The Kier molecular flexibility index (Phi) is 4.96. The van der Waals surface area contributed by atoms with Crippen LogP contribution in [-0.4, -0.2) is 29.8 Å². The second kappa shape index (κ2) is 6.49. The van der Waals surface area contributed by atoms with Gasteiger partial charge in [-0.3, -0.25) is 4.79 Å². The van der Waals surface area contributed by atoms with Crippen LogP contribution in [0.4, 0.5) is 4.79 Å². The molecule has 6 nitrogen and oxygen atoms in total. The third kappa shape index (κ3) is 4.98. The number of hydrogen-bond acceptors (Lipinski definition) is 4. The molecule has 17 heavy (non-hydrogen) atoms. The summed E-state index contributed by atoms with van der Waals surface area (Å²) in [6, 6.07) is 9.13. The Morgan fingerprint density at radius 1 is 1.35 bits per heavy atom. The number of benzene rings is 1. The van der Waals surface area contributed by atoms with Gasteiger partial charge in [0.05, 0.1) is 6.54 Å². The molecule has 1 unspecified atom stereocenters. The summed E-state index contributed by atoms with van der Waals surface area (Å²) in [5.74, 6) is -0.895. The van der Waals surface area contributed by atoms with Gasteiger partial charge in [0.15, 0.2) is 0 Å². The van der Waals surface area contributed by atoms with Crippen molar-refractivity contribution in [2.75, 3.05) is 6.54 Å². The summed E-state index contributed by atoms with van der Waals surface area (Å²) in [5, 5.41) is 11.2. The van der Waals surface area contributed by atoms with E-state index in [-0.39, 0.29) is 13.2 Å². The van der Waals surface area contributed by atoms with Gasteiger partial charge in [-0.1, -0.05) is 30.3 Å². The first kappa shape index (κ1) is 13.0. The largest absolute Gasteiger partial charge is 0.445 e. The highest BCUT2D eigenvalue weighted by atomic mass is 16.5. The first-order valence-corrected chi connectivity index (χ1v) is 5.01. The highest BCUT2D eigenvalue weighted by molar-refractivity contribution is 5.79. The molecule has 0 spiro atoms. The number of aliphatic hydroxyl groups is 1. The fourth-order valence-electron chi connectivity index (χ4n) is 1.05. The minimum absolute atomic E-state index is 0.124. The van der Waals surface area contributed by atoms with Crippen molar-refractivity contribution in [3.05, 3.63) is 35.9 Å². The molecule has 0 saturated heterocycles. The van der Waals surface area contributed by atoms with Gasteiger partial charge in [0.1, 0.15) is 12.7 Å². The molecule has 0 bridgehead atoms. The van der Waals surface area contributed by atoms with E-state index in [0.29, 0.717) is 0 Å². The van der Waals surface area contributed by atoms with E-state index in [1.807, 2.05) is 30.3 Å². The molecule has 2 amide bonds. The molecule has 0 fully saturated rings. The molecule has 4 N–H and O–H groups in total. The van der Waals surface area contributed by atoms with E-state index in [4.69, 9.17) is 15.6 Å². The molecule has 1 aromatic carbocycles. The van der Waals surface area contributed by atoms with Crippen molar-refractivity contribution in [2.24, 2.45) is 5.73 Å². The maximum absolute atomic E-state index is 11.1. The van der Waals surface area contributed by atoms with Crippen molar-refractivity contribution in [3.63, 3.8) is 0 Å². The zero-order chi connectivity index (χ0) is 12.7. The van der Waals surface area contributed by atoms with Gasteiger partial charge >= 0.3 is 6.09 Å². The van der Waals surface area contributed by atoms with Crippen molar-refractivity contribution >= 4 is 12.0 Å². The van der Waals surface area contributed by atoms with Crippen molar-refractivity contribution in [3.8, 4) is 0 Å². The van der Waals surface area contributed by atoms with Crippen LogP contribution in [0.25, 0.3) is 0 Å². The molecule has 1 rings (SSSR count). The highest BCUT2D eigenvalue weighted by Gasteiger charge is 2.12. The molecule has 1 atom stereocenters. The molecular weight excluding hydrogens is 224 g/mol. The van der Waals surface area contributed by atoms with Crippen LogP contribution in [0.15, 0.2) is 30.3 Å². The molecule has 0 saturated carbocycles. The molecule has 0 aliphatic carbocycles. The van der Waals surface area contributed by atoms with E-state index < -0.39 is 18.1 Å². The van der Waals surface area contributed by atoms with Gasteiger partial charge in [-0.05, 0) is 5.56 Å².